The third-order valence-electron chi connectivity index (χ3n) is 3.26. The molecule has 6 nitrogen and oxygen atoms in total. The molecule has 3 N–H and O–H groups in total. The highest BCUT2D eigenvalue weighted by Gasteiger charge is 2.29. The first kappa shape index (κ1) is 15.7. The molecule has 0 bridgehead atoms. The normalized spacial score (nSPS) is 17.7. The van der Waals surface area contributed by atoms with E-state index in [0.29, 0.717) is 25.2 Å². The van der Waals surface area contributed by atoms with Crippen LogP contribution in [-0.2, 0) is 4.74 Å². The van der Waals surface area contributed by atoms with E-state index in [1.807, 2.05) is 0 Å². The van der Waals surface area contributed by atoms with E-state index < -0.39 is 6.09 Å². The molecule has 0 aromatic heterocycles. The van der Waals surface area contributed by atoms with E-state index in [1.54, 1.807) is 4.90 Å². The van der Waals surface area contributed by atoms with Crippen LogP contribution in [0.5, 0.6) is 0 Å². The van der Waals surface area contributed by atoms with E-state index in [2.05, 4.69) is 10.1 Å². The number of amides is 2. The lowest BCUT2D eigenvalue weighted by Crippen LogP contribution is -2.38. The van der Waals surface area contributed by atoms with Gasteiger partial charge >= 0.3 is 6.09 Å². The number of nitrogen functional groups attached to an aromatic ring is 1. The second-order valence-electron chi connectivity index (χ2n) is 4.74. The van der Waals surface area contributed by atoms with E-state index in [1.165, 1.54) is 19.2 Å². The Morgan fingerprint density at radius 2 is 2.14 bits per heavy atom. The number of benzene rings is 1. The van der Waals surface area contributed by atoms with Crippen LogP contribution in [0.25, 0.3) is 0 Å². The lowest BCUT2D eigenvalue weighted by atomic mass is 10.1. The predicted octanol–water partition coefficient (Wildman–Crippen LogP) is 2.15. The molecule has 0 spiro atoms. The molecule has 1 saturated heterocycles. The van der Waals surface area contributed by atoms with Crippen LogP contribution in [0.3, 0.4) is 0 Å². The molecule has 2 amide bonds. The Hall–Kier alpha value is -1.66. The van der Waals surface area contributed by atoms with E-state index >= 15 is 0 Å². The number of hydrogen-bond acceptors (Lipinski definition) is 4. The quantitative estimate of drug-likeness (QED) is 0.813. The molecule has 1 aliphatic rings. The summed E-state index contributed by atoms with van der Waals surface area (Å²) in [6.45, 7) is 0.896. The number of hydrogen-bond donors (Lipinski definition) is 2. The number of nitrogens with one attached hydrogen (secondary N) is 1. The van der Waals surface area contributed by atoms with Crippen molar-refractivity contribution in [2.75, 3.05) is 25.9 Å². The summed E-state index contributed by atoms with van der Waals surface area (Å²) in [4.78, 5) is 25.2. The van der Waals surface area contributed by atoms with Gasteiger partial charge < -0.3 is 20.7 Å². The van der Waals surface area contributed by atoms with Gasteiger partial charge in [-0.1, -0.05) is 23.2 Å². The molecular formula is C13H15Cl2N3O3. The fraction of sp³-hybridized carbons (Fsp3) is 0.385. The van der Waals surface area contributed by atoms with Crippen molar-refractivity contribution >= 4 is 40.9 Å². The Morgan fingerprint density at radius 3 is 2.81 bits per heavy atom. The largest absolute Gasteiger partial charge is 0.453 e. The zero-order valence-electron chi connectivity index (χ0n) is 11.4. The van der Waals surface area contributed by atoms with Crippen molar-refractivity contribution < 1.29 is 14.3 Å². The van der Waals surface area contributed by atoms with Crippen LogP contribution in [0.2, 0.25) is 10.0 Å². The van der Waals surface area contributed by atoms with Crippen molar-refractivity contribution in [3.8, 4) is 0 Å². The maximum atomic E-state index is 12.5. The van der Waals surface area contributed by atoms with E-state index in [4.69, 9.17) is 28.9 Å². The molecule has 1 fully saturated rings. The fourth-order valence-corrected chi connectivity index (χ4v) is 2.64. The topological polar surface area (TPSA) is 84.7 Å². The van der Waals surface area contributed by atoms with Crippen molar-refractivity contribution in [1.82, 2.24) is 10.2 Å². The highest BCUT2D eigenvalue weighted by Crippen LogP contribution is 2.30. The van der Waals surface area contributed by atoms with Crippen molar-refractivity contribution in [3.63, 3.8) is 0 Å². The van der Waals surface area contributed by atoms with Gasteiger partial charge in [0.2, 0.25) is 0 Å². The summed E-state index contributed by atoms with van der Waals surface area (Å²) >= 11 is 12.0. The van der Waals surface area contributed by atoms with Gasteiger partial charge in [0.15, 0.2) is 0 Å². The minimum atomic E-state index is -0.515. The molecule has 114 valence electrons. The maximum Gasteiger partial charge on any atom is 0.407 e. The molecule has 8 heteroatoms. The van der Waals surface area contributed by atoms with Crippen LogP contribution in [0.4, 0.5) is 10.5 Å². The summed E-state index contributed by atoms with van der Waals surface area (Å²) in [5.74, 6) is -0.261. The van der Waals surface area contributed by atoms with Crippen LogP contribution in [-0.4, -0.2) is 43.1 Å². The van der Waals surface area contributed by atoms with Crippen molar-refractivity contribution in [2.24, 2.45) is 0 Å². The number of carbonyl (C=O) groups is 2. The summed E-state index contributed by atoms with van der Waals surface area (Å²) in [5, 5.41) is 3.08. The SMILES string of the molecule is COC(=O)NC1CCN(C(=O)c2cc(N)cc(Cl)c2Cl)C1. The Balaban J connectivity index is 2.10. The van der Waals surface area contributed by atoms with Gasteiger partial charge in [-0.05, 0) is 18.6 Å². The van der Waals surface area contributed by atoms with Crippen LogP contribution in [0.1, 0.15) is 16.8 Å². The van der Waals surface area contributed by atoms with Crippen LogP contribution >= 0.6 is 23.2 Å². The molecule has 1 aromatic carbocycles. The van der Waals surface area contributed by atoms with Crippen molar-refractivity contribution in [2.45, 2.75) is 12.5 Å². The Bertz CT molecular complexity index is 580. The number of methoxy groups -OCH3 is 1. The highest BCUT2D eigenvalue weighted by atomic mass is 35.5. The van der Waals surface area contributed by atoms with Crippen LogP contribution in [0.15, 0.2) is 12.1 Å². The summed E-state index contributed by atoms with van der Waals surface area (Å²) in [7, 11) is 1.29. The molecule has 0 radical (unpaired) electrons. The number of alkyl carbamates (subject to hydrolysis) is 1. The number of nitrogens with zero attached hydrogens (tertiary/aromatic N) is 1. The predicted molar refractivity (Wildman–Crippen MR) is 80.7 cm³/mol. The van der Waals surface area contributed by atoms with Gasteiger partial charge in [-0.2, -0.15) is 0 Å². The molecule has 2 rings (SSSR count). The maximum absolute atomic E-state index is 12.5. The number of ether oxygens (including phenoxy) is 1. The van der Waals surface area contributed by atoms with Crippen molar-refractivity contribution in [1.29, 1.82) is 0 Å². The summed E-state index contributed by atoms with van der Waals surface area (Å²) in [5.41, 5.74) is 6.32. The minimum Gasteiger partial charge on any atom is -0.453 e. The molecule has 1 heterocycles. The van der Waals surface area contributed by atoms with E-state index in [-0.39, 0.29) is 27.6 Å². The van der Waals surface area contributed by atoms with E-state index in [0.717, 1.165) is 0 Å². The Morgan fingerprint density at radius 1 is 1.43 bits per heavy atom. The molecule has 1 atom stereocenters. The Kier molecular flexibility index (Phi) is 4.80. The number of halogens is 2. The third-order valence-corrected chi connectivity index (χ3v) is 4.07. The number of nitrogens with two attached hydrogens (primary N) is 1. The zero-order chi connectivity index (χ0) is 15.6. The molecule has 21 heavy (non-hydrogen) atoms. The van der Waals surface area contributed by atoms with Crippen LogP contribution < -0.4 is 11.1 Å². The summed E-state index contributed by atoms with van der Waals surface area (Å²) in [6.07, 6.45) is 0.133. The molecule has 1 unspecified atom stereocenters. The van der Waals surface area contributed by atoms with Gasteiger partial charge in [-0.15, -0.1) is 0 Å². The monoisotopic (exact) mass is 331 g/mol. The average Bonchev–Trinajstić information content (AvgIpc) is 2.90. The average molecular weight is 332 g/mol. The van der Waals surface area contributed by atoms with Gasteiger partial charge in [-0.3, -0.25) is 4.79 Å². The molecule has 0 saturated carbocycles. The second-order valence-corrected chi connectivity index (χ2v) is 5.52. The van der Waals surface area contributed by atoms with Crippen molar-refractivity contribution in [3.05, 3.63) is 27.7 Å². The zero-order valence-corrected chi connectivity index (χ0v) is 12.9. The molecular weight excluding hydrogens is 317 g/mol. The van der Waals surface area contributed by atoms with E-state index in [9.17, 15) is 9.59 Å². The van der Waals surface area contributed by atoms with Gasteiger partial charge in [-0.25, -0.2) is 4.79 Å². The highest BCUT2D eigenvalue weighted by molar-refractivity contribution is 6.44. The first-order valence-electron chi connectivity index (χ1n) is 6.30. The number of rotatable bonds is 2. The van der Waals surface area contributed by atoms with Gasteiger partial charge in [0.1, 0.15) is 0 Å². The van der Waals surface area contributed by atoms with Gasteiger partial charge in [0, 0.05) is 18.8 Å². The summed E-state index contributed by atoms with van der Waals surface area (Å²) in [6, 6.07) is 2.85. The third kappa shape index (κ3) is 3.51. The summed E-state index contributed by atoms with van der Waals surface area (Å²) < 4.78 is 4.53. The number of likely N-dealkylation sites (tertiary alicyclic amines) is 1. The van der Waals surface area contributed by atoms with Gasteiger partial charge in [0.05, 0.1) is 28.8 Å². The molecule has 1 aliphatic heterocycles. The minimum absolute atomic E-state index is 0.142. The lowest BCUT2D eigenvalue weighted by Gasteiger charge is -2.18. The second kappa shape index (κ2) is 6.41. The molecule has 0 aliphatic carbocycles. The Labute approximate surface area is 132 Å². The smallest absolute Gasteiger partial charge is 0.407 e. The molecule has 1 aromatic rings. The number of carbonyl (C=O) groups excluding carboxylic acids is 2. The number of anilines is 1. The first-order chi connectivity index (χ1) is 9.92. The first-order valence-corrected chi connectivity index (χ1v) is 7.06. The standard InChI is InChI=1S/C13H15Cl2N3O3/c1-21-13(20)17-8-2-3-18(6-8)12(19)9-4-7(16)5-10(14)11(9)15/h4-5,8H,2-3,6,16H2,1H3,(H,17,20). The van der Waals surface area contributed by atoms with Crippen LogP contribution in [0, 0.1) is 0 Å². The lowest BCUT2D eigenvalue weighted by molar-refractivity contribution is 0.0788. The van der Waals surface area contributed by atoms with Gasteiger partial charge in [0.25, 0.3) is 5.91 Å². The fourth-order valence-electron chi connectivity index (χ4n) is 2.22.